The number of nitrogens with zero attached hydrogens (tertiary/aromatic N) is 1. The lowest BCUT2D eigenvalue weighted by atomic mass is 10.1. The summed E-state index contributed by atoms with van der Waals surface area (Å²) < 4.78 is 0. The fourth-order valence-electron chi connectivity index (χ4n) is 2.17. The summed E-state index contributed by atoms with van der Waals surface area (Å²) in [4.78, 5) is 40.7. The molecule has 1 aromatic rings. The fourth-order valence-corrected chi connectivity index (χ4v) is 2.17. The van der Waals surface area contributed by atoms with E-state index < -0.39 is 17.8 Å². The Morgan fingerprint density at radius 1 is 1.09 bits per heavy atom. The third-order valence-corrected chi connectivity index (χ3v) is 3.29. The van der Waals surface area contributed by atoms with Crippen molar-refractivity contribution < 1.29 is 19.2 Å². The smallest absolute Gasteiger partial charge is 0.330 e. The van der Waals surface area contributed by atoms with Crippen LogP contribution >= 0.6 is 0 Å². The lowest BCUT2D eigenvalue weighted by molar-refractivity contribution is -0.168. The molecule has 2 amide bonds. The number of terminal acetylenes is 1. The van der Waals surface area contributed by atoms with Crippen LogP contribution in [-0.4, -0.2) is 22.8 Å². The molecule has 116 valence electrons. The highest BCUT2D eigenvalue weighted by Gasteiger charge is 2.38. The number of fused-ring (bicyclic) bond motifs is 1. The maximum atomic E-state index is 12.0. The molecule has 0 spiro atoms. The molecule has 5 heteroatoms. The monoisotopic (exact) mass is 309 g/mol. The average Bonchev–Trinajstić information content (AvgIpc) is 2.79. The molecule has 1 heterocycles. The van der Waals surface area contributed by atoms with Crippen LogP contribution in [0.25, 0.3) is 0 Å². The van der Waals surface area contributed by atoms with Crippen molar-refractivity contribution in [1.82, 2.24) is 5.06 Å². The van der Waals surface area contributed by atoms with E-state index in [1.807, 2.05) is 0 Å². The molecule has 2 rings (SSSR count). The molecule has 1 aromatic carbocycles. The highest BCUT2D eigenvalue weighted by Crippen LogP contribution is 2.23. The van der Waals surface area contributed by atoms with Crippen LogP contribution in [0.15, 0.2) is 24.3 Å². The summed E-state index contributed by atoms with van der Waals surface area (Å²) >= 11 is 0. The van der Waals surface area contributed by atoms with Crippen LogP contribution in [0.4, 0.5) is 0 Å². The van der Waals surface area contributed by atoms with E-state index in [-0.39, 0.29) is 17.5 Å². The first-order chi connectivity index (χ1) is 11.1. The highest BCUT2D eigenvalue weighted by atomic mass is 16.7. The second kappa shape index (κ2) is 7.82. The van der Waals surface area contributed by atoms with Crippen molar-refractivity contribution in [3.8, 4) is 24.2 Å². The molecule has 1 aliphatic heterocycles. The van der Waals surface area contributed by atoms with Crippen LogP contribution in [0.3, 0.4) is 0 Å². The molecular weight excluding hydrogens is 294 g/mol. The summed E-state index contributed by atoms with van der Waals surface area (Å²) in [6, 6.07) is 6.36. The molecule has 23 heavy (non-hydrogen) atoms. The predicted molar refractivity (Wildman–Crippen MR) is 82.7 cm³/mol. The molecular formula is C18H15NO4. The van der Waals surface area contributed by atoms with E-state index in [1.54, 1.807) is 12.1 Å². The van der Waals surface area contributed by atoms with Crippen LogP contribution in [0.2, 0.25) is 0 Å². The van der Waals surface area contributed by atoms with E-state index >= 15 is 0 Å². The zero-order valence-electron chi connectivity index (χ0n) is 12.5. The van der Waals surface area contributed by atoms with Gasteiger partial charge >= 0.3 is 5.97 Å². The van der Waals surface area contributed by atoms with Crippen molar-refractivity contribution in [3.05, 3.63) is 35.4 Å². The standard InChI is InChI=1S/C18H15NO4/c1-2-3-4-5-6-7-8-13-16(20)23-19-17(21)14-11-9-10-12-15(14)18(19)22/h1,9-12H,5-8,13H2. The molecule has 0 N–H and O–H groups in total. The molecule has 0 fully saturated rings. The van der Waals surface area contributed by atoms with Gasteiger partial charge < -0.3 is 4.84 Å². The van der Waals surface area contributed by atoms with Gasteiger partial charge in [0, 0.05) is 12.8 Å². The van der Waals surface area contributed by atoms with Gasteiger partial charge in [0.05, 0.1) is 11.1 Å². The number of hydroxylamine groups is 2. The number of hydrogen-bond donors (Lipinski definition) is 0. The maximum Gasteiger partial charge on any atom is 0.333 e. The van der Waals surface area contributed by atoms with Crippen LogP contribution < -0.4 is 0 Å². The van der Waals surface area contributed by atoms with E-state index in [0.29, 0.717) is 17.9 Å². The van der Waals surface area contributed by atoms with E-state index in [1.165, 1.54) is 12.1 Å². The number of amides is 2. The summed E-state index contributed by atoms with van der Waals surface area (Å²) in [6.07, 6.45) is 8.02. The largest absolute Gasteiger partial charge is 0.333 e. The molecule has 1 aliphatic rings. The van der Waals surface area contributed by atoms with Crippen LogP contribution in [-0.2, 0) is 9.63 Å². The Morgan fingerprint density at radius 3 is 2.35 bits per heavy atom. The van der Waals surface area contributed by atoms with Crippen LogP contribution in [0, 0.1) is 24.2 Å². The summed E-state index contributed by atoms with van der Waals surface area (Å²) in [6.45, 7) is 0. The van der Waals surface area contributed by atoms with Gasteiger partial charge in [0.2, 0.25) is 0 Å². The Balaban J connectivity index is 1.78. The zero-order valence-corrected chi connectivity index (χ0v) is 12.5. The summed E-state index contributed by atoms with van der Waals surface area (Å²) in [5, 5.41) is 0.533. The highest BCUT2D eigenvalue weighted by molar-refractivity contribution is 6.20. The van der Waals surface area contributed by atoms with Crippen molar-refractivity contribution in [3.63, 3.8) is 0 Å². The zero-order chi connectivity index (χ0) is 16.7. The number of carbonyl (C=O) groups is 3. The Kier molecular flexibility index (Phi) is 5.55. The summed E-state index contributed by atoms with van der Waals surface area (Å²) in [5.74, 6) is 5.73. The lowest BCUT2D eigenvalue weighted by Gasteiger charge is -2.12. The van der Waals surface area contributed by atoms with Gasteiger partial charge in [-0.3, -0.25) is 9.59 Å². The van der Waals surface area contributed by atoms with Crippen molar-refractivity contribution in [2.45, 2.75) is 32.1 Å². The van der Waals surface area contributed by atoms with Gasteiger partial charge in [-0.25, -0.2) is 4.79 Å². The molecule has 0 bridgehead atoms. The van der Waals surface area contributed by atoms with E-state index in [4.69, 9.17) is 11.3 Å². The number of carbonyl (C=O) groups excluding carboxylic acids is 3. The second-order valence-electron chi connectivity index (χ2n) is 4.92. The molecule has 0 atom stereocenters. The number of benzene rings is 1. The van der Waals surface area contributed by atoms with Gasteiger partial charge in [-0.1, -0.05) is 29.5 Å². The van der Waals surface area contributed by atoms with Gasteiger partial charge in [-0.2, -0.15) is 0 Å². The van der Waals surface area contributed by atoms with Crippen LogP contribution in [0.1, 0.15) is 52.8 Å². The van der Waals surface area contributed by atoms with Crippen molar-refractivity contribution in [1.29, 1.82) is 0 Å². The summed E-state index contributed by atoms with van der Waals surface area (Å²) in [7, 11) is 0. The molecule has 0 unspecified atom stereocenters. The minimum atomic E-state index is -0.608. The van der Waals surface area contributed by atoms with E-state index in [0.717, 1.165) is 12.8 Å². The number of imide groups is 1. The first kappa shape index (κ1) is 16.3. The summed E-state index contributed by atoms with van der Waals surface area (Å²) in [5.41, 5.74) is 0.495. The van der Waals surface area contributed by atoms with Crippen molar-refractivity contribution >= 4 is 17.8 Å². The average molecular weight is 309 g/mol. The first-order valence-corrected chi connectivity index (χ1v) is 7.27. The Labute approximate surface area is 134 Å². The van der Waals surface area contributed by atoms with Crippen LogP contribution in [0.5, 0.6) is 0 Å². The van der Waals surface area contributed by atoms with Gasteiger partial charge in [-0.05, 0) is 36.8 Å². The van der Waals surface area contributed by atoms with Gasteiger partial charge in [-0.15, -0.1) is 6.42 Å². The van der Waals surface area contributed by atoms with E-state index in [9.17, 15) is 14.4 Å². The molecule has 5 nitrogen and oxygen atoms in total. The number of hydrogen-bond acceptors (Lipinski definition) is 4. The number of unbranched alkanes of at least 4 members (excludes halogenated alkanes) is 3. The molecule has 0 aromatic heterocycles. The molecule has 0 saturated carbocycles. The fraction of sp³-hybridized carbons (Fsp3) is 0.278. The van der Waals surface area contributed by atoms with Crippen molar-refractivity contribution in [2.24, 2.45) is 0 Å². The molecule has 0 aliphatic carbocycles. The van der Waals surface area contributed by atoms with E-state index in [2.05, 4.69) is 17.8 Å². The predicted octanol–water partition coefficient (Wildman–Crippen LogP) is 2.33. The first-order valence-electron chi connectivity index (χ1n) is 7.27. The minimum Gasteiger partial charge on any atom is -0.330 e. The third kappa shape index (κ3) is 3.99. The third-order valence-electron chi connectivity index (χ3n) is 3.29. The Bertz CT molecular complexity index is 698. The Hall–Kier alpha value is -3.05. The normalized spacial score (nSPS) is 12.2. The maximum absolute atomic E-state index is 12.0. The minimum absolute atomic E-state index is 0.135. The van der Waals surface area contributed by atoms with Gasteiger partial charge in [0.25, 0.3) is 11.8 Å². The SMILES string of the molecule is C#CC#CCCCCCC(=O)ON1C(=O)c2ccccc2C1=O. The van der Waals surface area contributed by atoms with Gasteiger partial charge in [0.15, 0.2) is 0 Å². The second-order valence-corrected chi connectivity index (χ2v) is 4.92. The topological polar surface area (TPSA) is 63.7 Å². The molecule has 0 saturated heterocycles. The molecule has 0 radical (unpaired) electrons. The van der Waals surface area contributed by atoms with Gasteiger partial charge in [0.1, 0.15) is 0 Å². The quantitative estimate of drug-likeness (QED) is 0.459. The lowest BCUT2D eigenvalue weighted by Crippen LogP contribution is -2.32. The Morgan fingerprint density at radius 2 is 1.74 bits per heavy atom. The number of rotatable bonds is 6. The van der Waals surface area contributed by atoms with Crippen molar-refractivity contribution in [2.75, 3.05) is 0 Å².